The number of aromatic nitrogens is 2. The zero-order valence-electron chi connectivity index (χ0n) is 14.0. The molecule has 0 radical (unpaired) electrons. The van der Waals surface area contributed by atoms with Gasteiger partial charge in [0, 0.05) is 6.54 Å². The lowest BCUT2D eigenvalue weighted by atomic mass is 10.2. The van der Waals surface area contributed by atoms with Gasteiger partial charge in [0.15, 0.2) is 17.6 Å². The Hall–Kier alpha value is -2.25. The minimum atomic E-state index is -0.602. The number of nitrogens with zero attached hydrogens (tertiary/aromatic N) is 3. The van der Waals surface area contributed by atoms with Crippen molar-refractivity contribution < 1.29 is 14.3 Å². The van der Waals surface area contributed by atoms with Crippen LogP contribution in [0.1, 0.15) is 6.92 Å². The monoisotopic (exact) mass is 397 g/mol. The molecular weight excluding hydrogens is 381 g/mol. The van der Waals surface area contributed by atoms with Gasteiger partial charge in [0.1, 0.15) is 18.2 Å². The van der Waals surface area contributed by atoms with Crippen LogP contribution in [0, 0.1) is 0 Å². The maximum atomic E-state index is 12.6. The molecule has 1 unspecified atom stereocenters. The molecule has 0 saturated carbocycles. The van der Waals surface area contributed by atoms with Crippen molar-refractivity contribution in [3.05, 3.63) is 50.9 Å². The third-order valence-corrected chi connectivity index (χ3v) is 4.70. The average molecular weight is 398 g/mol. The number of carbonyl (C=O) groups is 1. The van der Waals surface area contributed by atoms with Gasteiger partial charge in [0.2, 0.25) is 5.91 Å². The molecule has 1 aliphatic heterocycles. The van der Waals surface area contributed by atoms with Crippen LogP contribution >= 0.6 is 23.2 Å². The van der Waals surface area contributed by atoms with Gasteiger partial charge in [0.05, 0.1) is 17.8 Å². The van der Waals surface area contributed by atoms with Crippen LogP contribution in [-0.4, -0.2) is 46.4 Å². The highest BCUT2D eigenvalue weighted by atomic mass is 35.5. The Kier molecular flexibility index (Phi) is 5.68. The summed E-state index contributed by atoms with van der Waals surface area (Å²) in [6.07, 6.45) is 0.941. The number of halogens is 2. The molecule has 1 atom stereocenters. The summed E-state index contributed by atoms with van der Waals surface area (Å²) in [6, 6.07) is 7.37. The number of para-hydroxylation sites is 2. The van der Waals surface area contributed by atoms with E-state index in [0.717, 1.165) is 4.68 Å². The predicted octanol–water partition coefficient (Wildman–Crippen LogP) is 2.24. The number of benzene rings is 1. The number of ether oxygens (including phenoxy) is 2. The van der Waals surface area contributed by atoms with Crippen LogP contribution in [0.4, 0.5) is 0 Å². The zero-order valence-corrected chi connectivity index (χ0v) is 15.5. The largest absolute Gasteiger partial charge is 0.486 e. The van der Waals surface area contributed by atoms with E-state index in [1.165, 1.54) is 6.20 Å². The Bertz CT molecular complexity index is 871. The lowest BCUT2D eigenvalue weighted by Crippen LogP contribution is -2.45. The molecule has 1 aliphatic rings. The van der Waals surface area contributed by atoms with E-state index in [0.29, 0.717) is 31.2 Å². The first-order valence-electron chi connectivity index (χ1n) is 8.07. The van der Waals surface area contributed by atoms with Crippen LogP contribution in [0.15, 0.2) is 35.3 Å². The van der Waals surface area contributed by atoms with Crippen molar-refractivity contribution in [1.82, 2.24) is 14.7 Å². The standard InChI is InChI=1S/C17H17Cl2N3O4/c1-2-21(8-11-10-25-13-5-3-4-6-14(13)26-11)15(23)9-22-17(24)16(19)12(18)7-20-22/h3-7,11H,2,8-10H2,1H3. The van der Waals surface area contributed by atoms with E-state index in [1.54, 1.807) is 4.90 Å². The van der Waals surface area contributed by atoms with Gasteiger partial charge in [-0.3, -0.25) is 9.59 Å². The molecule has 1 amide bonds. The van der Waals surface area contributed by atoms with Gasteiger partial charge in [0.25, 0.3) is 5.56 Å². The van der Waals surface area contributed by atoms with Crippen LogP contribution in [0.5, 0.6) is 11.5 Å². The number of carbonyl (C=O) groups excluding carboxylic acids is 1. The number of hydrogen-bond donors (Lipinski definition) is 0. The molecule has 0 spiro atoms. The Labute approximate surface area is 160 Å². The van der Waals surface area contributed by atoms with E-state index in [9.17, 15) is 9.59 Å². The summed E-state index contributed by atoms with van der Waals surface area (Å²) in [7, 11) is 0. The molecule has 0 fully saturated rings. The van der Waals surface area contributed by atoms with E-state index >= 15 is 0 Å². The summed E-state index contributed by atoms with van der Waals surface area (Å²) in [5.41, 5.74) is -0.602. The minimum absolute atomic E-state index is 0.0548. The second kappa shape index (κ2) is 7.97. The summed E-state index contributed by atoms with van der Waals surface area (Å²) < 4.78 is 12.5. The lowest BCUT2D eigenvalue weighted by molar-refractivity contribution is -0.133. The molecule has 26 heavy (non-hydrogen) atoms. The number of rotatable bonds is 5. The van der Waals surface area contributed by atoms with Gasteiger partial charge < -0.3 is 14.4 Å². The number of fused-ring (bicyclic) bond motifs is 1. The first kappa shape index (κ1) is 18.5. The molecule has 0 saturated heterocycles. The first-order valence-corrected chi connectivity index (χ1v) is 8.82. The van der Waals surface area contributed by atoms with E-state index in [1.807, 2.05) is 31.2 Å². The van der Waals surface area contributed by atoms with Crippen LogP contribution in [0.2, 0.25) is 10.0 Å². The van der Waals surface area contributed by atoms with Crippen LogP contribution in [0.3, 0.4) is 0 Å². The molecule has 2 aromatic rings. The van der Waals surface area contributed by atoms with Crippen LogP contribution < -0.4 is 15.0 Å². The summed E-state index contributed by atoms with van der Waals surface area (Å²) >= 11 is 11.6. The molecule has 0 bridgehead atoms. The second-order valence-electron chi connectivity index (χ2n) is 5.70. The minimum Gasteiger partial charge on any atom is -0.486 e. The molecular formula is C17H17Cl2N3O4. The van der Waals surface area contributed by atoms with E-state index in [-0.39, 0.29) is 28.6 Å². The van der Waals surface area contributed by atoms with Crippen molar-refractivity contribution in [3.63, 3.8) is 0 Å². The fraction of sp³-hybridized carbons (Fsp3) is 0.353. The van der Waals surface area contributed by atoms with Gasteiger partial charge in [-0.1, -0.05) is 35.3 Å². The van der Waals surface area contributed by atoms with Crippen molar-refractivity contribution in [3.8, 4) is 11.5 Å². The molecule has 138 valence electrons. The second-order valence-corrected chi connectivity index (χ2v) is 6.48. The van der Waals surface area contributed by atoms with E-state index in [2.05, 4.69) is 5.10 Å². The fourth-order valence-electron chi connectivity index (χ4n) is 2.59. The highest BCUT2D eigenvalue weighted by Crippen LogP contribution is 2.31. The summed E-state index contributed by atoms with van der Waals surface area (Å²) in [6.45, 7) is 2.75. The van der Waals surface area contributed by atoms with Crippen molar-refractivity contribution >= 4 is 29.1 Å². The van der Waals surface area contributed by atoms with Crippen LogP contribution in [0.25, 0.3) is 0 Å². The third-order valence-electron chi connectivity index (χ3n) is 3.95. The summed E-state index contributed by atoms with van der Waals surface area (Å²) in [5, 5.41) is 3.76. The highest BCUT2D eigenvalue weighted by Gasteiger charge is 2.25. The molecule has 9 heteroatoms. The summed E-state index contributed by atoms with van der Waals surface area (Å²) in [5.74, 6) is 1.06. The number of likely N-dealkylation sites (N-methyl/N-ethyl adjacent to an activating group) is 1. The van der Waals surface area contributed by atoms with Gasteiger partial charge in [-0.15, -0.1) is 0 Å². The van der Waals surface area contributed by atoms with Gasteiger partial charge in [-0.25, -0.2) is 4.68 Å². The molecule has 1 aromatic carbocycles. The number of hydrogen-bond acceptors (Lipinski definition) is 5. The average Bonchev–Trinajstić information content (AvgIpc) is 2.66. The zero-order chi connectivity index (χ0) is 18.7. The first-order chi connectivity index (χ1) is 12.5. The Morgan fingerprint density at radius 2 is 2.08 bits per heavy atom. The van der Waals surface area contributed by atoms with Gasteiger partial charge in [-0.05, 0) is 19.1 Å². The predicted molar refractivity (Wildman–Crippen MR) is 97.1 cm³/mol. The van der Waals surface area contributed by atoms with Crippen molar-refractivity contribution in [2.75, 3.05) is 19.7 Å². The molecule has 2 heterocycles. The molecule has 7 nitrogen and oxygen atoms in total. The normalized spacial score (nSPS) is 15.6. The maximum Gasteiger partial charge on any atom is 0.287 e. The summed E-state index contributed by atoms with van der Waals surface area (Å²) in [4.78, 5) is 26.2. The topological polar surface area (TPSA) is 73.7 Å². The SMILES string of the molecule is CCN(CC1COc2ccccc2O1)C(=O)Cn1ncc(Cl)c(Cl)c1=O. The fourth-order valence-corrected chi connectivity index (χ4v) is 2.86. The Morgan fingerprint density at radius 3 is 2.81 bits per heavy atom. The van der Waals surface area contributed by atoms with Crippen molar-refractivity contribution in [1.29, 1.82) is 0 Å². The van der Waals surface area contributed by atoms with Crippen LogP contribution in [-0.2, 0) is 11.3 Å². The van der Waals surface area contributed by atoms with Gasteiger partial charge in [-0.2, -0.15) is 5.10 Å². The Morgan fingerprint density at radius 1 is 1.35 bits per heavy atom. The molecule has 3 rings (SSSR count). The Balaban J connectivity index is 1.67. The quantitative estimate of drug-likeness (QED) is 0.773. The maximum absolute atomic E-state index is 12.6. The molecule has 0 aliphatic carbocycles. The number of amides is 1. The van der Waals surface area contributed by atoms with E-state index in [4.69, 9.17) is 32.7 Å². The smallest absolute Gasteiger partial charge is 0.287 e. The van der Waals surface area contributed by atoms with Crippen molar-refractivity contribution in [2.45, 2.75) is 19.6 Å². The van der Waals surface area contributed by atoms with Crippen molar-refractivity contribution in [2.24, 2.45) is 0 Å². The third kappa shape index (κ3) is 3.94. The molecule has 1 aromatic heterocycles. The highest BCUT2D eigenvalue weighted by molar-refractivity contribution is 6.41. The molecule has 0 N–H and O–H groups in total. The van der Waals surface area contributed by atoms with E-state index < -0.39 is 5.56 Å². The van der Waals surface area contributed by atoms with Gasteiger partial charge >= 0.3 is 0 Å². The lowest BCUT2D eigenvalue weighted by Gasteiger charge is -2.31.